The Kier molecular flexibility index (Phi) is 4.49. The van der Waals surface area contributed by atoms with Crippen molar-refractivity contribution >= 4 is 39.3 Å². The second-order valence-electron chi connectivity index (χ2n) is 4.87. The Balaban J connectivity index is 1.79. The van der Waals surface area contributed by atoms with Gasteiger partial charge in [0.05, 0.1) is 18.2 Å². The van der Waals surface area contributed by atoms with E-state index in [0.29, 0.717) is 21.2 Å². The fraction of sp³-hybridized carbons (Fsp3) is 0.188. The van der Waals surface area contributed by atoms with E-state index >= 15 is 0 Å². The summed E-state index contributed by atoms with van der Waals surface area (Å²) < 4.78 is 6.93. The Morgan fingerprint density at radius 3 is 2.74 bits per heavy atom. The van der Waals surface area contributed by atoms with Crippen molar-refractivity contribution in [3.8, 4) is 0 Å². The maximum Gasteiger partial charge on any atom is 0.337 e. The van der Waals surface area contributed by atoms with Gasteiger partial charge in [0.1, 0.15) is 4.70 Å². The molecule has 7 heteroatoms. The van der Waals surface area contributed by atoms with Crippen molar-refractivity contribution in [1.82, 2.24) is 9.55 Å². The number of thioether (sulfide) groups is 1. The highest BCUT2D eigenvalue weighted by Gasteiger charge is 2.10. The van der Waals surface area contributed by atoms with Crippen molar-refractivity contribution in [3.63, 3.8) is 0 Å². The Morgan fingerprint density at radius 1 is 1.30 bits per heavy atom. The van der Waals surface area contributed by atoms with E-state index in [-0.39, 0.29) is 11.5 Å². The minimum atomic E-state index is -0.351. The molecule has 2 aromatic heterocycles. The van der Waals surface area contributed by atoms with Gasteiger partial charge in [-0.25, -0.2) is 9.78 Å². The topological polar surface area (TPSA) is 61.2 Å². The summed E-state index contributed by atoms with van der Waals surface area (Å²) in [5.41, 5.74) is 2.28. The SMILES string of the molecule is COC(=O)c1ccc(CSc2nc3ccsc3c(=O)n2C)cc1. The molecule has 0 aliphatic rings. The lowest BCUT2D eigenvalue weighted by atomic mass is 10.1. The first-order chi connectivity index (χ1) is 11.1. The van der Waals surface area contributed by atoms with Gasteiger partial charge >= 0.3 is 5.97 Å². The van der Waals surface area contributed by atoms with Crippen molar-refractivity contribution < 1.29 is 9.53 Å². The Bertz CT molecular complexity index is 913. The molecule has 0 saturated heterocycles. The van der Waals surface area contributed by atoms with Crippen molar-refractivity contribution in [1.29, 1.82) is 0 Å². The first-order valence-electron chi connectivity index (χ1n) is 6.84. The largest absolute Gasteiger partial charge is 0.465 e. The fourth-order valence-corrected chi connectivity index (χ4v) is 3.83. The smallest absolute Gasteiger partial charge is 0.337 e. The lowest BCUT2D eigenvalue weighted by Gasteiger charge is -2.07. The van der Waals surface area contributed by atoms with Crippen LogP contribution < -0.4 is 5.56 Å². The number of aromatic nitrogens is 2. The third-order valence-electron chi connectivity index (χ3n) is 3.39. The molecule has 5 nitrogen and oxygen atoms in total. The molecule has 0 saturated carbocycles. The van der Waals surface area contributed by atoms with Gasteiger partial charge in [0.25, 0.3) is 5.56 Å². The average molecular weight is 346 g/mol. The summed E-state index contributed by atoms with van der Waals surface area (Å²) in [4.78, 5) is 28.2. The number of carbonyl (C=O) groups is 1. The average Bonchev–Trinajstić information content (AvgIpc) is 3.05. The molecule has 0 unspecified atom stereocenters. The molecule has 0 radical (unpaired) electrons. The summed E-state index contributed by atoms with van der Waals surface area (Å²) in [6, 6.07) is 9.07. The number of fused-ring (bicyclic) bond motifs is 1. The summed E-state index contributed by atoms with van der Waals surface area (Å²) in [6.45, 7) is 0. The zero-order chi connectivity index (χ0) is 16.4. The quantitative estimate of drug-likeness (QED) is 0.413. The van der Waals surface area contributed by atoms with Crippen LogP contribution in [0.5, 0.6) is 0 Å². The van der Waals surface area contributed by atoms with Crippen molar-refractivity contribution in [2.75, 3.05) is 7.11 Å². The number of rotatable bonds is 4. The molecule has 23 heavy (non-hydrogen) atoms. The zero-order valence-electron chi connectivity index (χ0n) is 12.6. The lowest BCUT2D eigenvalue weighted by Crippen LogP contribution is -2.18. The molecule has 0 bridgehead atoms. The van der Waals surface area contributed by atoms with Crippen LogP contribution in [0.15, 0.2) is 45.7 Å². The monoisotopic (exact) mass is 346 g/mol. The van der Waals surface area contributed by atoms with Crippen LogP contribution in [0.2, 0.25) is 0 Å². The standard InChI is InChI=1S/C16H14N2O3S2/c1-18-14(19)13-12(7-8-22-13)17-16(18)23-9-10-3-5-11(6-4-10)15(20)21-2/h3-8H,9H2,1-2H3. The van der Waals surface area contributed by atoms with E-state index in [1.54, 1.807) is 23.7 Å². The number of thiophene rings is 1. The third-order valence-corrected chi connectivity index (χ3v) is 5.38. The number of esters is 1. The van der Waals surface area contributed by atoms with Crippen LogP contribution in [0.4, 0.5) is 0 Å². The molecule has 0 fully saturated rings. The molecule has 0 aliphatic heterocycles. The van der Waals surface area contributed by atoms with Crippen LogP contribution in [0, 0.1) is 0 Å². The van der Waals surface area contributed by atoms with Gasteiger partial charge in [-0.3, -0.25) is 9.36 Å². The number of methoxy groups -OCH3 is 1. The molecule has 0 N–H and O–H groups in total. The molecular formula is C16H14N2O3S2. The fourth-order valence-electron chi connectivity index (χ4n) is 2.10. The Labute approximate surface area is 140 Å². The van der Waals surface area contributed by atoms with Crippen LogP contribution in [-0.2, 0) is 17.5 Å². The lowest BCUT2D eigenvalue weighted by molar-refractivity contribution is 0.0600. The van der Waals surface area contributed by atoms with Crippen LogP contribution in [0.3, 0.4) is 0 Å². The molecule has 0 aliphatic carbocycles. The van der Waals surface area contributed by atoms with Gasteiger partial charge in [-0.15, -0.1) is 11.3 Å². The number of ether oxygens (including phenoxy) is 1. The molecule has 0 spiro atoms. The summed E-state index contributed by atoms with van der Waals surface area (Å²) in [6.07, 6.45) is 0. The van der Waals surface area contributed by atoms with Crippen molar-refractivity contribution in [2.45, 2.75) is 10.9 Å². The number of hydrogen-bond acceptors (Lipinski definition) is 6. The number of carbonyl (C=O) groups excluding carboxylic acids is 1. The second kappa shape index (κ2) is 6.55. The minimum Gasteiger partial charge on any atom is -0.465 e. The second-order valence-corrected chi connectivity index (χ2v) is 6.73. The predicted octanol–water partition coefficient (Wildman–Crippen LogP) is 3.07. The molecule has 0 amide bonds. The van der Waals surface area contributed by atoms with E-state index in [1.165, 1.54) is 30.2 Å². The molecule has 3 rings (SSSR count). The Hall–Kier alpha value is -2.12. The molecule has 2 heterocycles. The molecule has 3 aromatic rings. The van der Waals surface area contributed by atoms with Crippen LogP contribution >= 0.6 is 23.1 Å². The van der Waals surface area contributed by atoms with Gasteiger partial charge in [0.15, 0.2) is 5.16 Å². The van der Waals surface area contributed by atoms with Gasteiger partial charge in [0, 0.05) is 12.8 Å². The number of nitrogens with zero attached hydrogens (tertiary/aromatic N) is 2. The number of hydrogen-bond donors (Lipinski definition) is 0. The maximum atomic E-state index is 12.2. The first-order valence-corrected chi connectivity index (χ1v) is 8.71. The number of benzene rings is 1. The summed E-state index contributed by atoms with van der Waals surface area (Å²) in [7, 11) is 3.09. The summed E-state index contributed by atoms with van der Waals surface area (Å²) in [5.74, 6) is 0.313. The molecule has 0 atom stereocenters. The highest BCUT2D eigenvalue weighted by molar-refractivity contribution is 7.98. The predicted molar refractivity (Wildman–Crippen MR) is 92.2 cm³/mol. The summed E-state index contributed by atoms with van der Waals surface area (Å²) in [5, 5.41) is 2.55. The van der Waals surface area contributed by atoms with Crippen molar-refractivity contribution in [3.05, 3.63) is 57.2 Å². The van der Waals surface area contributed by atoms with Gasteiger partial charge in [-0.1, -0.05) is 23.9 Å². The van der Waals surface area contributed by atoms with E-state index in [0.717, 1.165) is 11.1 Å². The highest BCUT2D eigenvalue weighted by Crippen LogP contribution is 2.23. The van der Waals surface area contributed by atoms with E-state index in [4.69, 9.17) is 0 Å². The van der Waals surface area contributed by atoms with Crippen LogP contribution in [-0.4, -0.2) is 22.6 Å². The molecule has 1 aromatic carbocycles. The zero-order valence-corrected chi connectivity index (χ0v) is 14.2. The normalized spacial score (nSPS) is 10.9. The van der Waals surface area contributed by atoms with E-state index in [2.05, 4.69) is 9.72 Å². The highest BCUT2D eigenvalue weighted by atomic mass is 32.2. The van der Waals surface area contributed by atoms with Gasteiger partial charge < -0.3 is 4.74 Å². The van der Waals surface area contributed by atoms with Crippen LogP contribution in [0.25, 0.3) is 10.2 Å². The third kappa shape index (κ3) is 3.16. The van der Waals surface area contributed by atoms with Crippen LogP contribution in [0.1, 0.15) is 15.9 Å². The van der Waals surface area contributed by atoms with Gasteiger partial charge in [-0.05, 0) is 29.1 Å². The van der Waals surface area contributed by atoms with Gasteiger partial charge in [0.2, 0.25) is 0 Å². The van der Waals surface area contributed by atoms with E-state index in [1.807, 2.05) is 23.6 Å². The summed E-state index contributed by atoms with van der Waals surface area (Å²) >= 11 is 2.90. The molecular weight excluding hydrogens is 332 g/mol. The minimum absolute atomic E-state index is 0.0199. The Morgan fingerprint density at radius 2 is 2.04 bits per heavy atom. The first kappa shape index (κ1) is 15.8. The molecule has 118 valence electrons. The van der Waals surface area contributed by atoms with Gasteiger partial charge in [-0.2, -0.15) is 0 Å². The van der Waals surface area contributed by atoms with E-state index in [9.17, 15) is 9.59 Å². The van der Waals surface area contributed by atoms with Crippen molar-refractivity contribution in [2.24, 2.45) is 7.05 Å². The maximum absolute atomic E-state index is 12.2. The van der Waals surface area contributed by atoms with E-state index < -0.39 is 0 Å².